The number of aromatic nitrogens is 2. The largest absolute Gasteiger partial charge is 0.463 e. The minimum Gasteiger partial charge on any atom is -0.463 e. The molecule has 5 nitrogen and oxygen atoms in total. The van der Waals surface area contributed by atoms with Gasteiger partial charge in [-0.15, -0.1) is 0 Å². The predicted molar refractivity (Wildman–Crippen MR) is 61.8 cm³/mol. The first kappa shape index (κ1) is 10.9. The summed E-state index contributed by atoms with van der Waals surface area (Å²) in [7, 11) is 0. The van der Waals surface area contributed by atoms with Gasteiger partial charge in [-0.1, -0.05) is 0 Å². The molecule has 0 radical (unpaired) electrons. The Balaban J connectivity index is 1.55. The molecule has 2 fully saturated rings. The lowest BCUT2D eigenvalue weighted by molar-refractivity contribution is -0.0247. The molecule has 2 heterocycles. The van der Waals surface area contributed by atoms with Gasteiger partial charge in [-0.2, -0.15) is 0 Å². The molecule has 1 aliphatic carbocycles. The second-order valence-corrected chi connectivity index (χ2v) is 4.58. The second-order valence-electron chi connectivity index (χ2n) is 4.58. The fraction of sp³-hybridized carbons (Fsp3) is 0.667. The van der Waals surface area contributed by atoms with Gasteiger partial charge in [-0.05, 0) is 18.9 Å². The van der Waals surface area contributed by atoms with E-state index in [-0.39, 0.29) is 0 Å². The Morgan fingerprint density at radius 3 is 3.12 bits per heavy atom. The van der Waals surface area contributed by atoms with Crippen LogP contribution in [0.4, 0.5) is 0 Å². The maximum atomic E-state index is 5.82. The predicted octanol–water partition coefficient (Wildman–Crippen LogP) is 0.622. The van der Waals surface area contributed by atoms with Crippen LogP contribution in [-0.2, 0) is 4.74 Å². The molecule has 0 bridgehead atoms. The summed E-state index contributed by atoms with van der Waals surface area (Å²) >= 11 is 0. The van der Waals surface area contributed by atoms with E-state index < -0.39 is 0 Å². The van der Waals surface area contributed by atoms with Crippen molar-refractivity contribution in [3.8, 4) is 6.01 Å². The topological polar surface area (TPSA) is 56.3 Å². The van der Waals surface area contributed by atoms with Gasteiger partial charge in [0.25, 0.3) is 0 Å². The highest BCUT2D eigenvalue weighted by molar-refractivity contribution is 4.96. The highest BCUT2D eigenvalue weighted by atomic mass is 16.5. The van der Waals surface area contributed by atoms with Crippen LogP contribution in [0.2, 0.25) is 0 Å². The summed E-state index contributed by atoms with van der Waals surface area (Å²) in [5, 5.41) is 3.50. The second kappa shape index (κ2) is 4.98. The Morgan fingerprint density at radius 1 is 1.35 bits per heavy atom. The molecular weight excluding hydrogens is 218 g/mol. The molecule has 5 heteroatoms. The number of nitrogens with zero attached hydrogens (tertiary/aromatic N) is 2. The molecule has 0 spiro atoms. The Hall–Kier alpha value is -1.20. The number of hydrogen-bond acceptors (Lipinski definition) is 5. The van der Waals surface area contributed by atoms with E-state index >= 15 is 0 Å². The Kier molecular flexibility index (Phi) is 3.20. The fourth-order valence-corrected chi connectivity index (χ4v) is 2.68. The number of fused-ring (bicyclic) bond motifs is 1. The van der Waals surface area contributed by atoms with Crippen LogP contribution in [0.5, 0.6) is 6.01 Å². The summed E-state index contributed by atoms with van der Waals surface area (Å²) in [5.74, 6) is 0.455. The molecule has 1 aromatic rings. The molecule has 1 saturated heterocycles. The number of morpholine rings is 1. The first-order valence-electron chi connectivity index (χ1n) is 6.18. The molecular formula is C12H17N3O2. The van der Waals surface area contributed by atoms with Crippen molar-refractivity contribution in [2.45, 2.75) is 25.0 Å². The van der Waals surface area contributed by atoms with Crippen LogP contribution in [0, 0.1) is 5.92 Å². The fourth-order valence-electron chi connectivity index (χ4n) is 2.68. The number of nitrogens with one attached hydrogen (secondary N) is 1. The lowest BCUT2D eigenvalue weighted by Gasteiger charge is -2.30. The standard InChI is InChI=1S/C12H17N3O2/c1-4-14-12(15-5-1)17-8-9-2-3-10-11(9)16-7-6-13-10/h1,4-5,9-11,13H,2-3,6-8H2/t9-,10-,11-/m0/s1. The summed E-state index contributed by atoms with van der Waals surface area (Å²) in [4.78, 5) is 8.11. The molecule has 3 rings (SSSR count). The highest BCUT2D eigenvalue weighted by Crippen LogP contribution is 2.30. The van der Waals surface area contributed by atoms with Crippen LogP contribution < -0.4 is 10.1 Å². The molecule has 92 valence electrons. The van der Waals surface area contributed by atoms with Crippen molar-refractivity contribution in [2.75, 3.05) is 19.8 Å². The third kappa shape index (κ3) is 2.40. The monoisotopic (exact) mass is 235 g/mol. The summed E-state index contributed by atoms with van der Waals surface area (Å²) < 4.78 is 11.4. The zero-order valence-electron chi connectivity index (χ0n) is 9.71. The molecule has 0 amide bonds. The average Bonchev–Trinajstić information content (AvgIpc) is 2.81. The summed E-state index contributed by atoms with van der Waals surface area (Å²) in [6.45, 7) is 2.42. The van der Waals surface area contributed by atoms with E-state index in [0.717, 1.165) is 19.6 Å². The third-order valence-corrected chi connectivity index (χ3v) is 3.50. The zero-order chi connectivity index (χ0) is 11.5. The van der Waals surface area contributed by atoms with Crippen LogP contribution in [-0.4, -0.2) is 41.9 Å². The zero-order valence-corrected chi connectivity index (χ0v) is 9.71. The van der Waals surface area contributed by atoms with Gasteiger partial charge in [0.15, 0.2) is 0 Å². The minimum atomic E-state index is 0.299. The van der Waals surface area contributed by atoms with E-state index in [0.29, 0.717) is 30.7 Å². The maximum absolute atomic E-state index is 5.82. The lowest BCUT2D eigenvalue weighted by Crippen LogP contribution is -2.47. The molecule has 0 unspecified atom stereocenters. The average molecular weight is 235 g/mol. The van der Waals surface area contributed by atoms with Crippen molar-refractivity contribution in [3.63, 3.8) is 0 Å². The van der Waals surface area contributed by atoms with Gasteiger partial charge >= 0.3 is 6.01 Å². The van der Waals surface area contributed by atoms with Gasteiger partial charge in [0.2, 0.25) is 0 Å². The highest BCUT2D eigenvalue weighted by Gasteiger charge is 2.38. The third-order valence-electron chi connectivity index (χ3n) is 3.50. The molecule has 0 aromatic carbocycles. The minimum absolute atomic E-state index is 0.299. The molecule has 3 atom stereocenters. The Labute approximate surface area is 101 Å². The summed E-state index contributed by atoms with van der Waals surface area (Å²) in [6, 6.07) is 2.75. The Morgan fingerprint density at radius 2 is 2.24 bits per heavy atom. The van der Waals surface area contributed by atoms with E-state index in [2.05, 4.69) is 15.3 Å². The molecule has 1 aromatic heterocycles. The first-order valence-corrected chi connectivity index (χ1v) is 6.18. The molecule has 1 saturated carbocycles. The molecule has 17 heavy (non-hydrogen) atoms. The smallest absolute Gasteiger partial charge is 0.316 e. The van der Waals surface area contributed by atoms with E-state index in [1.807, 2.05) is 0 Å². The summed E-state index contributed by atoms with van der Waals surface area (Å²) in [6.07, 6.45) is 6.01. The van der Waals surface area contributed by atoms with Gasteiger partial charge in [0, 0.05) is 30.9 Å². The Bertz CT molecular complexity index is 360. The first-order chi connectivity index (χ1) is 8.43. The lowest BCUT2D eigenvalue weighted by atomic mass is 10.1. The van der Waals surface area contributed by atoms with Crippen LogP contribution in [0.25, 0.3) is 0 Å². The van der Waals surface area contributed by atoms with Crippen molar-refractivity contribution in [2.24, 2.45) is 5.92 Å². The SMILES string of the molecule is c1cnc(OC[C@@H]2CC[C@@H]3NCCO[C@@H]23)nc1. The van der Waals surface area contributed by atoms with Crippen molar-refractivity contribution < 1.29 is 9.47 Å². The van der Waals surface area contributed by atoms with Gasteiger partial charge in [-0.3, -0.25) is 0 Å². The van der Waals surface area contributed by atoms with E-state index in [1.54, 1.807) is 18.5 Å². The van der Waals surface area contributed by atoms with E-state index in [9.17, 15) is 0 Å². The molecule has 1 aliphatic heterocycles. The molecule has 2 aliphatic rings. The van der Waals surface area contributed by atoms with Crippen molar-refractivity contribution >= 4 is 0 Å². The van der Waals surface area contributed by atoms with Crippen LogP contribution in [0.1, 0.15) is 12.8 Å². The molecule has 1 N–H and O–H groups in total. The van der Waals surface area contributed by atoms with Crippen LogP contribution >= 0.6 is 0 Å². The van der Waals surface area contributed by atoms with E-state index in [1.165, 1.54) is 6.42 Å². The number of hydrogen-bond donors (Lipinski definition) is 1. The van der Waals surface area contributed by atoms with E-state index in [4.69, 9.17) is 9.47 Å². The van der Waals surface area contributed by atoms with Crippen LogP contribution in [0.3, 0.4) is 0 Å². The van der Waals surface area contributed by atoms with Gasteiger partial charge in [0.05, 0.1) is 19.3 Å². The normalized spacial score (nSPS) is 32.1. The van der Waals surface area contributed by atoms with Crippen molar-refractivity contribution in [1.29, 1.82) is 0 Å². The number of ether oxygens (including phenoxy) is 2. The van der Waals surface area contributed by atoms with Crippen molar-refractivity contribution in [3.05, 3.63) is 18.5 Å². The maximum Gasteiger partial charge on any atom is 0.316 e. The van der Waals surface area contributed by atoms with Crippen LogP contribution in [0.15, 0.2) is 18.5 Å². The van der Waals surface area contributed by atoms with Gasteiger partial charge in [-0.25, -0.2) is 9.97 Å². The summed E-state index contributed by atoms with van der Waals surface area (Å²) in [5.41, 5.74) is 0. The van der Waals surface area contributed by atoms with Gasteiger partial charge in [0.1, 0.15) is 0 Å². The quantitative estimate of drug-likeness (QED) is 0.832. The van der Waals surface area contributed by atoms with Crippen molar-refractivity contribution in [1.82, 2.24) is 15.3 Å². The number of rotatable bonds is 3. The van der Waals surface area contributed by atoms with Gasteiger partial charge < -0.3 is 14.8 Å².